The molecule has 2 heterocycles. The largest absolute Gasteiger partial charge is 0.388 e. The Balaban J connectivity index is 0.000000540. The molecule has 38 heavy (non-hydrogen) atoms. The number of aliphatic hydroxyl groups is 1. The molecule has 2 saturated carbocycles. The third kappa shape index (κ3) is 4.96. The molecule has 1 aliphatic heterocycles. The molecular formula is C34H48FNO2. The van der Waals surface area contributed by atoms with Crippen LogP contribution in [0.4, 0.5) is 4.39 Å². The molecule has 1 aromatic heterocycles. The highest BCUT2D eigenvalue weighted by Crippen LogP contribution is 2.61. The molecule has 1 spiro atoms. The van der Waals surface area contributed by atoms with Gasteiger partial charge in [-0.2, -0.15) is 0 Å². The molecule has 208 valence electrons. The summed E-state index contributed by atoms with van der Waals surface area (Å²) >= 11 is 0. The van der Waals surface area contributed by atoms with Gasteiger partial charge in [0.1, 0.15) is 11.9 Å². The van der Waals surface area contributed by atoms with Crippen molar-refractivity contribution in [3.05, 3.63) is 63.7 Å². The molecule has 0 radical (unpaired) electrons. The zero-order valence-corrected chi connectivity index (χ0v) is 24.4. The van der Waals surface area contributed by atoms with Crippen molar-refractivity contribution in [2.24, 2.45) is 17.3 Å². The average Bonchev–Trinajstić information content (AvgIpc) is 3.59. The number of pyridine rings is 1. The zero-order chi connectivity index (χ0) is 27.2. The number of ether oxygens (including phenoxy) is 1. The minimum Gasteiger partial charge on any atom is -0.388 e. The minimum absolute atomic E-state index is 0.0326. The Hall–Kier alpha value is -1.78. The van der Waals surface area contributed by atoms with Crippen LogP contribution < -0.4 is 0 Å². The van der Waals surface area contributed by atoms with E-state index in [0.717, 1.165) is 54.8 Å². The maximum atomic E-state index is 13.8. The lowest BCUT2D eigenvalue weighted by molar-refractivity contribution is -0.0842. The molecule has 4 aliphatic rings. The summed E-state index contributed by atoms with van der Waals surface area (Å²) in [5, 5.41) is 11.5. The molecule has 1 N–H and O–H groups in total. The number of fused-ring (bicyclic) bond motifs is 4. The van der Waals surface area contributed by atoms with Crippen LogP contribution in [0.25, 0.3) is 0 Å². The number of benzene rings is 1. The maximum Gasteiger partial charge on any atom is 0.123 e. The second-order valence-corrected chi connectivity index (χ2v) is 13.7. The molecule has 6 rings (SSSR count). The molecule has 3 aliphatic carbocycles. The van der Waals surface area contributed by atoms with E-state index >= 15 is 0 Å². The first kappa shape index (κ1) is 27.8. The molecule has 1 aromatic carbocycles. The molecule has 0 bridgehead atoms. The Morgan fingerprint density at radius 2 is 1.71 bits per heavy atom. The summed E-state index contributed by atoms with van der Waals surface area (Å²) < 4.78 is 20.9. The normalized spacial score (nSPS) is 29.9. The first-order chi connectivity index (χ1) is 18.1. The topological polar surface area (TPSA) is 42.4 Å². The van der Waals surface area contributed by atoms with Crippen LogP contribution in [-0.4, -0.2) is 10.1 Å². The predicted octanol–water partition coefficient (Wildman–Crippen LogP) is 9.07. The fourth-order valence-corrected chi connectivity index (χ4v) is 7.46. The average molecular weight is 522 g/mol. The van der Waals surface area contributed by atoms with E-state index in [1.807, 2.05) is 12.1 Å². The van der Waals surface area contributed by atoms with Gasteiger partial charge in [-0.15, -0.1) is 0 Å². The number of aromatic nitrogens is 1. The molecule has 2 aromatic rings. The van der Waals surface area contributed by atoms with Crippen LogP contribution in [-0.2, 0) is 16.8 Å². The highest BCUT2D eigenvalue weighted by atomic mass is 19.1. The molecule has 0 amide bonds. The summed E-state index contributed by atoms with van der Waals surface area (Å²) in [6.45, 7) is 13.4. The van der Waals surface area contributed by atoms with Crippen molar-refractivity contribution in [3.8, 4) is 0 Å². The predicted molar refractivity (Wildman–Crippen MR) is 152 cm³/mol. The van der Waals surface area contributed by atoms with Gasteiger partial charge in [0, 0.05) is 22.7 Å². The van der Waals surface area contributed by atoms with Gasteiger partial charge in [-0.25, -0.2) is 4.39 Å². The van der Waals surface area contributed by atoms with Crippen LogP contribution >= 0.6 is 0 Å². The summed E-state index contributed by atoms with van der Waals surface area (Å²) in [6.07, 6.45) is 10.3. The van der Waals surface area contributed by atoms with Crippen LogP contribution in [0.5, 0.6) is 0 Å². The highest BCUT2D eigenvalue weighted by molar-refractivity contribution is 5.55. The smallest absolute Gasteiger partial charge is 0.123 e. The summed E-state index contributed by atoms with van der Waals surface area (Å²) in [7, 11) is 0. The third-order valence-corrected chi connectivity index (χ3v) is 9.83. The summed E-state index contributed by atoms with van der Waals surface area (Å²) in [5.74, 6) is 1.49. The Bertz CT molecular complexity index is 1130. The van der Waals surface area contributed by atoms with E-state index in [1.165, 1.54) is 48.9 Å². The Morgan fingerprint density at radius 1 is 1.05 bits per heavy atom. The van der Waals surface area contributed by atoms with Gasteiger partial charge < -0.3 is 9.84 Å². The summed E-state index contributed by atoms with van der Waals surface area (Å²) in [6, 6.07) is 6.83. The lowest BCUT2D eigenvalue weighted by Crippen LogP contribution is -2.34. The molecule has 0 saturated heterocycles. The van der Waals surface area contributed by atoms with Crippen LogP contribution in [0.2, 0.25) is 0 Å². The molecule has 2 fully saturated rings. The van der Waals surface area contributed by atoms with Crippen molar-refractivity contribution in [3.63, 3.8) is 0 Å². The highest BCUT2D eigenvalue weighted by Gasteiger charge is 2.56. The number of halogens is 1. The minimum atomic E-state index is -0.511. The maximum absolute atomic E-state index is 13.8. The van der Waals surface area contributed by atoms with Gasteiger partial charge in [-0.05, 0) is 85.5 Å². The SMILES string of the molecule is CC1CCCC12OC(c1ccc(F)cc1)c1c(C3CCCC3)nc3c(c12)C(O)CC(C)(C)C3.CCC(C)C. The van der Waals surface area contributed by atoms with Gasteiger partial charge in [-0.1, -0.05) is 72.9 Å². The third-order valence-electron chi connectivity index (χ3n) is 9.83. The van der Waals surface area contributed by atoms with Crippen molar-refractivity contribution < 1.29 is 14.2 Å². The second kappa shape index (κ2) is 10.7. The van der Waals surface area contributed by atoms with Crippen LogP contribution in [0.15, 0.2) is 24.3 Å². The van der Waals surface area contributed by atoms with Gasteiger partial charge >= 0.3 is 0 Å². The van der Waals surface area contributed by atoms with E-state index in [4.69, 9.17) is 9.72 Å². The summed E-state index contributed by atoms with van der Waals surface area (Å²) in [4.78, 5) is 5.37. The Labute approximate surface area is 229 Å². The lowest BCUT2D eigenvalue weighted by Gasteiger charge is -2.39. The van der Waals surface area contributed by atoms with E-state index in [-0.39, 0.29) is 22.9 Å². The molecule has 4 heteroatoms. The number of rotatable bonds is 3. The fraction of sp³-hybridized carbons (Fsp3) is 0.676. The molecular weight excluding hydrogens is 473 g/mol. The number of nitrogens with zero attached hydrogens (tertiary/aromatic N) is 1. The van der Waals surface area contributed by atoms with Crippen LogP contribution in [0.3, 0.4) is 0 Å². The number of hydrogen-bond donors (Lipinski definition) is 1. The van der Waals surface area contributed by atoms with Crippen LogP contribution in [0.1, 0.15) is 151 Å². The van der Waals surface area contributed by atoms with E-state index in [0.29, 0.717) is 11.8 Å². The first-order valence-corrected chi connectivity index (χ1v) is 15.2. The monoisotopic (exact) mass is 521 g/mol. The van der Waals surface area contributed by atoms with E-state index in [9.17, 15) is 9.50 Å². The Morgan fingerprint density at radius 3 is 2.29 bits per heavy atom. The number of hydrogen-bond acceptors (Lipinski definition) is 3. The van der Waals surface area contributed by atoms with Gasteiger partial charge in [0.2, 0.25) is 0 Å². The first-order valence-electron chi connectivity index (χ1n) is 15.2. The molecule has 4 atom stereocenters. The number of aliphatic hydroxyl groups excluding tert-OH is 1. The van der Waals surface area contributed by atoms with E-state index in [1.54, 1.807) is 12.1 Å². The molecule has 4 unspecified atom stereocenters. The molecule has 3 nitrogen and oxygen atoms in total. The summed E-state index contributed by atoms with van der Waals surface area (Å²) in [5.41, 5.74) is 6.49. The van der Waals surface area contributed by atoms with Gasteiger partial charge in [0.15, 0.2) is 0 Å². The van der Waals surface area contributed by atoms with Crippen molar-refractivity contribution in [2.75, 3.05) is 0 Å². The van der Waals surface area contributed by atoms with Crippen molar-refractivity contribution in [2.45, 2.75) is 129 Å². The fourth-order valence-electron chi connectivity index (χ4n) is 7.46. The van der Waals surface area contributed by atoms with Gasteiger partial charge in [-0.3, -0.25) is 4.98 Å². The van der Waals surface area contributed by atoms with Crippen molar-refractivity contribution >= 4 is 0 Å². The van der Waals surface area contributed by atoms with E-state index < -0.39 is 6.10 Å². The van der Waals surface area contributed by atoms with Crippen molar-refractivity contribution in [1.29, 1.82) is 0 Å². The quantitative estimate of drug-likeness (QED) is 0.438. The van der Waals surface area contributed by atoms with E-state index in [2.05, 4.69) is 41.5 Å². The van der Waals surface area contributed by atoms with Crippen molar-refractivity contribution in [1.82, 2.24) is 4.98 Å². The Kier molecular flexibility index (Phi) is 7.79. The standard InChI is InChI=1S/C29H36FNO2.C5H12/c1-17-7-6-14-29(17)25-23-21(15-28(2,3)16-22(23)32)31-26(18-8-4-5-9-18)24(25)27(33-29)19-10-12-20(30)13-11-19;1-4-5(2)3/h10-13,17-18,22,27,32H,4-9,14-16H2,1-3H3;5H,4H2,1-3H3. The lowest BCUT2D eigenvalue weighted by atomic mass is 9.69. The van der Waals surface area contributed by atoms with Gasteiger partial charge in [0.05, 0.1) is 17.4 Å². The van der Waals surface area contributed by atoms with Crippen LogP contribution in [0, 0.1) is 23.1 Å². The second-order valence-electron chi connectivity index (χ2n) is 13.7. The van der Waals surface area contributed by atoms with Gasteiger partial charge in [0.25, 0.3) is 0 Å². The zero-order valence-electron chi connectivity index (χ0n) is 24.4.